The highest BCUT2D eigenvalue weighted by Gasteiger charge is 2.22. The maximum Gasteiger partial charge on any atom is 0.241 e. The molecule has 0 heterocycles. The lowest BCUT2D eigenvalue weighted by molar-refractivity contribution is 0.480. The van der Waals surface area contributed by atoms with Gasteiger partial charge < -0.3 is 0 Å². The van der Waals surface area contributed by atoms with E-state index >= 15 is 0 Å². The zero-order valence-corrected chi connectivity index (χ0v) is 12.8. The highest BCUT2D eigenvalue weighted by molar-refractivity contribution is 9.10. The third-order valence-corrected chi connectivity index (χ3v) is 5.62. The molecule has 0 aromatic heterocycles. The number of nitrogens with one attached hydrogen (secondary N) is 1. The van der Waals surface area contributed by atoms with Crippen LogP contribution in [0, 0.1) is 5.92 Å². The molecule has 2 atom stereocenters. The van der Waals surface area contributed by atoms with E-state index in [0.29, 0.717) is 10.4 Å². The summed E-state index contributed by atoms with van der Waals surface area (Å²) in [6, 6.07) is 6.52. The van der Waals surface area contributed by atoms with Gasteiger partial charge in [0, 0.05) is 16.4 Å². The summed E-state index contributed by atoms with van der Waals surface area (Å²) in [4.78, 5) is 0.244. The Balaban J connectivity index is 2.94. The molecule has 0 spiro atoms. The second-order valence-electron chi connectivity index (χ2n) is 3.97. The molecule has 0 radical (unpaired) electrons. The molecule has 0 aliphatic carbocycles. The molecule has 96 valence electrons. The van der Waals surface area contributed by atoms with Crippen LogP contribution in [0.25, 0.3) is 0 Å². The largest absolute Gasteiger partial charge is 0.241 e. The molecule has 6 heteroatoms. The van der Waals surface area contributed by atoms with Crippen LogP contribution in [0.5, 0.6) is 0 Å². The molecular formula is C11H15BrClNO2S. The number of hydrogen-bond donors (Lipinski definition) is 1. The molecule has 1 aromatic rings. The molecule has 0 aliphatic rings. The Morgan fingerprint density at radius 1 is 1.35 bits per heavy atom. The third-order valence-electron chi connectivity index (χ3n) is 2.56. The maximum atomic E-state index is 12.1. The standard InChI is InChI=1S/C11H15BrClNO2S/c1-8(7-13)9(2)14-17(15,16)11-6-4-3-5-10(11)12/h3-6,8-9,14H,7H2,1-2H3. The summed E-state index contributed by atoms with van der Waals surface area (Å²) >= 11 is 8.94. The fourth-order valence-electron chi connectivity index (χ4n) is 1.22. The summed E-state index contributed by atoms with van der Waals surface area (Å²) in [7, 11) is -3.50. The highest BCUT2D eigenvalue weighted by Crippen LogP contribution is 2.21. The predicted octanol–water partition coefficient (Wildman–Crippen LogP) is 2.99. The number of rotatable bonds is 5. The molecule has 17 heavy (non-hydrogen) atoms. The Hall–Kier alpha value is -0.100. The Bertz CT molecular complexity index is 478. The van der Waals surface area contributed by atoms with Gasteiger partial charge in [0.25, 0.3) is 0 Å². The molecule has 3 nitrogen and oxygen atoms in total. The first-order chi connectivity index (χ1) is 7.88. The Kier molecular flexibility index (Phi) is 5.44. The van der Waals surface area contributed by atoms with Crippen LogP contribution in [-0.4, -0.2) is 20.3 Å². The average molecular weight is 341 g/mol. The van der Waals surface area contributed by atoms with E-state index in [1.807, 2.05) is 6.92 Å². The molecular weight excluding hydrogens is 326 g/mol. The van der Waals surface area contributed by atoms with Crippen molar-refractivity contribution in [3.63, 3.8) is 0 Å². The summed E-state index contributed by atoms with van der Waals surface area (Å²) in [5.41, 5.74) is 0. The Morgan fingerprint density at radius 2 is 1.94 bits per heavy atom. The summed E-state index contributed by atoms with van der Waals surface area (Å²) in [6.07, 6.45) is 0. The zero-order chi connectivity index (χ0) is 13.1. The molecule has 2 unspecified atom stereocenters. The van der Waals surface area contributed by atoms with Crippen LogP contribution < -0.4 is 4.72 Å². The van der Waals surface area contributed by atoms with Crippen LogP contribution in [-0.2, 0) is 10.0 Å². The first-order valence-corrected chi connectivity index (χ1v) is 8.02. The van der Waals surface area contributed by atoms with Crippen molar-refractivity contribution in [3.05, 3.63) is 28.7 Å². The van der Waals surface area contributed by atoms with Gasteiger partial charge in [-0.3, -0.25) is 0 Å². The van der Waals surface area contributed by atoms with Crippen molar-refractivity contribution in [1.29, 1.82) is 0 Å². The molecule has 0 saturated carbocycles. The second kappa shape index (κ2) is 6.18. The minimum Gasteiger partial charge on any atom is -0.208 e. The van der Waals surface area contributed by atoms with Gasteiger partial charge in [0.05, 0.1) is 4.90 Å². The van der Waals surface area contributed by atoms with E-state index in [4.69, 9.17) is 11.6 Å². The molecule has 0 fully saturated rings. The zero-order valence-electron chi connectivity index (χ0n) is 9.65. The third kappa shape index (κ3) is 3.95. The number of benzene rings is 1. The lowest BCUT2D eigenvalue weighted by Crippen LogP contribution is -2.37. The topological polar surface area (TPSA) is 46.2 Å². The molecule has 0 saturated heterocycles. The van der Waals surface area contributed by atoms with Crippen LogP contribution in [0.3, 0.4) is 0 Å². The smallest absolute Gasteiger partial charge is 0.208 e. The van der Waals surface area contributed by atoms with E-state index in [0.717, 1.165) is 0 Å². The molecule has 1 rings (SSSR count). The van der Waals surface area contributed by atoms with Crippen molar-refractivity contribution in [2.24, 2.45) is 5.92 Å². The minimum atomic E-state index is -3.50. The first-order valence-electron chi connectivity index (χ1n) is 5.21. The summed E-state index contributed by atoms with van der Waals surface area (Å²) < 4.78 is 27.4. The lowest BCUT2D eigenvalue weighted by Gasteiger charge is -2.19. The van der Waals surface area contributed by atoms with E-state index in [-0.39, 0.29) is 16.9 Å². The predicted molar refractivity (Wildman–Crippen MR) is 73.8 cm³/mol. The van der Waals surface area contributed by atoms with Crippen molar-refractivity contribution < 1.29 is 8.42 Å². The fraction of sp³-hybridized carbons (Fsp3) is 0.455. The quantitative estimate of drug-likeness (QED) is 0.838. The van der Waals surface area contributed by atoms with Gasteiger partial charge in [0.2, 0.25) is 10.0 Å². The Morgan fingerprint density at radius 3 is 2.47 bits per heavy atom. The molecule has 1 N–H and O–H groups in total. The second-order valence-corrected chi connectivity index (χ2v) is 6.82. The van der Waals surface area contributed by atoms with E-state index in [2.05, 4.69) is 20.7 Å². The van der Waals surface area contributed by atoms with Gasteiger partial charge in [-0.15, -0.1) is 11.6 Å². The van der Waals surface area contributed by atoms with Crippen LogP contribution in [0.15, 0.2) is 33.6 Å². The van der Waals surface area contributed by atoms with Gasteiger partial charge >= 0.3 is 0 Å². The number of halogens is 2. The summed E-state index contributed by atoms with van der Waals surface area (Å²) in [5.74, 6) is 0.494. The summed E-state index contributed by atoms with van der Waals surface area (Å²) in [6.45, 7) is 3.71. The van der Waals surface area contributed by atoms with Gasteiger partial charge in [0.1, 0.15) is 0 Å². The van der Waals surface area contributed by atoms with Crippen molar-refractivity contribution in [3.8, 4) is 0 Å². The monoisotopic (exact) mass is 339 g/mol. The van der Waals surface area contributed by atoms with Crippen molar-refractivity contribution >= 4 is 37.6 Å². The lowest BCUT2D eigenvalue weighted by atomic mass is 10.1. The maximum absolute atomic E-state index is 12.1. The van der Waals surface area contributed by atoms with Crippen LogP contribution in [0.2, 0.25) is 0 Å². The van der Waals surface area contributed by atoms with E-state index < -0.39 is 10.0 Å². The molecule has 0 bridgehead atoms. The minimum absolute atomic E-state index is 0.0777. The van der Waals surface area contributed by atoms with Gasteiger partial charge in [-0.05, 0) is 40.9 Å². The number of alkyl halides is 1. The van der Waals surface area contributed by atoms with Crippen molar-refractivity contribution in [2.45, 2.75) is 24.8 Å². The Labute approximate surface area is 116 Å². The van der Waals surface area contributed by atoms with E-state index in [9.17, 15) is 8.42 Å². The number of hydrogen-bond acceptors (Lipinski definition) is 2. The fourth-order valence-corrected chi connectivity index (χ4v) is 3.84. The highest BCUT2D eigenvalue weighted by atomic mass is 79.9. The molecule has 1 aromatic carbocycles. The van der Waals surface area contributed by atoms with Gasteiger partial charge in [-0.2, -0.15) is 0 Å². The van der Waals surface area contributed by atoms with Gasteiger partial charge in [-0.25, -0.2) is 13.1 Å². The average Bonchev–Trinajstić information content (AvgIpc) is 2.27. The first kappa shape index (κ1) is 15.0. The van der Waals surface area contributed by atoms with Gasteiger partial charge in [0.15, 0.2) is 0 Å². The molecule has 0 amide bonds. The molecule has 0 aliphatic heterocycles. The van der Waals surface area contributed by atoms with Crippen LogP contribution in [0.4, 0.5) is 0 Å². The van der Waals surface area contributed by atoms with Crippen LogP contribution in [0.1, 0.15) is 13.8 Å². The van der Waals surface area contributed by atoms with Gasteiger partial charge in [-0.1, -0.05) is 19.1 Å². The van der Waals surface area contributed by atoms with E-state index in [1.165, 1.54) is 0 Å². The SMILES string of the molecule is CC(CCl)C(C)NS(=O)(=O)c1ccccc1Br. The normalized spacial score (nSPS) is 15.5. The summed E-state index contributed by atoms with van der Waals surface area (Å²) in [5, 5.41) is 0. The van der Waals surface area contributed by atoms with Crippen LogP contribution >= 0.6 is 27.5 Å². The van der Waals surface area contributed by atoms with Crippen molar-refractivity contribution in [2.75, 3.05) is 5.88 Å². The number of sulfonamides is 1. The van der Waals surface area contributed by atoms with E-state index in [1.54, 1.807) is 31.2 Å². The van der Waals surface area contributed by atoms with Crippen molar-refractivity contribution in [1.82, 2.24) is 4.72 Å².